The van der Waals surface area contributed by atoms with E-state index < -0.39 is 0 Å². The molecule has 1 aliphatic carbocycles. The molecule has 2 N–H and O–H groups in total. The molecule has 0 aromatic carbocycles. The minimum atomic E-state index is 0.0803. The van der Waals surface area contributed by atoms with E-state index in [9.17, 15) is 0 Å². The van der Waals surface area contributed by atoms with Gasteiger partial charge in [-0.1, -0.05) is 19.8 Å². The van der Waals surface area contributed by atoms with E-state index in [0.717, 1.165) is 11.6 Å². The molecule has 0 saturated heterocycles. The van der Waals surface area contributed by atoms with Crippen LogP contribution in [0, 0.1) is 5.92 Å². The van der Waals surface area contributed by atoms with Gasteiger partial charge in [-0.25, -0.2) is 4.98 Å². The third kappa shape index (κ3) is 1.84. The Hall–Kier alpha value is -0.410. The molecule has 0 spiro atoms. The standard InChI is InChI=1S/C11H18N2S/c1-7-4-3-5-9(7)11-13-10(6-14-11)8(2)12/h6-9H,3-5,12H2,1-2H3. The van der Waals surface area contributed by atoms with Crippen LogP contribution >= 0.6 is 11.3 Å². The second-order valence-electron chi connectivity index (χ2n) is 4.41. The van der Waals surface area contributed by atoms with E-state index in [0.29, 0.717) is 5.92 Å². The fourth-order valence-corrected chi connectivity index (χ4v) is 3.38. The highest BCUT2D eigenvalue weighted by Crippen LogP contribution is 2.40. The first-order valence-corrected chi connectivity index (χ1v) is 6.27. The Bertz CT molecular complexity index is 306. The number of thiazole rings is 1. The van der Waals surface area contributed by atoms with Crippen molar-refractivity contribution >= 4 is 11.3 Å². The summed E-state index contributed by atoms with van der Waals surface area (Å²) >= 11 is 1.79. The third-order valence-electron chi connectivity index (χ3n) is 3.18. The van der Waals surface area contributed by atoms with Crippen LogP contribution in [-0.4, -0.2) is 4.98 Å². The third-order valence-corrected chi connectivity index (χ3v) is 4.18. The van der Waals surface area contributed by atoms with Crippen molar-refractivity contribution in [2.45, 2.75) is 45.1 Å². The van der Waals surface area contributed by atoms with Gasteiger partial charge in [-0.2, -0.15) is 0 Å². The van der Waals surface area contributed by atoms with Crippen molar-refractivity contribution in [3.63, 3.8) is 0 Å². The van der Waals surface area contributed by atoms with Crippen LogP contribution in [0.25, 0.3) is 0 Å². The van der Waals surface area contributed by atoms with Crippen LogP contribution in [0.5, 0.6) is 0 Å². The van der Waals surface area contributed by atoms with E-state index in [-0.39, 0.29) is 6.04 Å². The van der Waals surface area contributed by atoms with Gasteiger partial charge in [0.25, 0.3) is 0 Å². The Balaban J connectivity index is 2.16. The van der Waals surface area contributed by atoms with Gasteiger partial charge in [0.1, 0.15) is 0 Å². The predicted molar refractivity (Wildman–Crippen MR) is 60.5 cm³/mol. The Kier molecular flexibility index (Phi) is 2.88. The zero-order valence-electron chi connectivity index (χ0n) is 8.86. The molecule has 3 unspecified atom stereocenters. The van der Waals surface area contributed by atoms with Gasteiger partial charge in [-0.15, -0.1) is 11.3 Å². The lowest BCUT2D eigenvalue weighted by Crippen LogP contribution is -2.07. The number of hydrogen-bond acceptors (Lipinski definition) is 3. The first-order chi connectivity index (χ1) is 6.68. The fourth-order valence-electron chi connectivity index (χ4n) is 2.19. The summed E-state index contributed by atoms with van der Waals surface area (Å²) < 4.78 is 0. The lowest BCUT2D eigenvalue weighted by Gasteiger charge is -2.11. The number of rotatable bonds is 2. The van der Waals surface area contributed by atoms with Crippen LogP contribution in [-0.2, 0) is 0 Å². The molecule has 78 valence electrons. The van der Waals surface area contributed by atoms with Gasteiger partial charge in [0.05, 0.1) is 10.7 Å². The van der Waals surface area contributed by atoms with Gasteiger partial charge in [0.15, 0.2) is 0 Å². The van der Waals surface area contributed by atoms with Gasteiger partial charge in [0.2, 0.25) is 0 Å². The summed E-state index contributed by atoms with van der Waals surface area (Å²) in [6, 6.07) is 0.0803. The summed E-state index contributed by atoms with van der Waals surface area (Å²) in [5.41, 5.74) is 6.86. The first kappa shape index (κ1) is 10.1. The molecule has 1 saturated carbocycles. The van der Waals surface area contributed by atoms with Gasteiger partial charge in [0, 0.05) is 17.3 Å². The maximum atomic E-state index is 5.80. The molecule has 0 radical (unpaired) electrons. The second kappa shape index (κ2) is 3.99. The van der Waals surface area contributed by atoms with Crippen molar-refractivity contribution in [1.29, 1.82) is 0 Å². The van der Waals surface area contributed by atoms with Crippen LogP contribution in [0.15, 0.2) is 5.38 Å². The molecule has 1 heterocycles. The van der Waals surface area contributed by atoms with Crippen molar-refractivity contribution in [2.75, 3.05) is 0 Å². The van der Waals surface area contributed by atoms with Crippen molar-refractivity contribution < 1.29 is 0 Å². The van der Waals surface area contributed by atoms with E-state index in [2.05, 4.69) is 17.3 Å². The lowest BCUT2D eigenvalue weighted by molar-refractivity contribution is 0.529. The molecule has 2 rings (SSSR count). The Morgan fingerprint density at radius 1 is 1.57 bits per heavy atom. The topological polar surface area (TPSA) is 38.9 Å². The molecular formula is C11H18N2S. The zero-order chi connectivity index (χ0) is 10.1. The molecule has 14 heavy (non-hydrogen) atoms. The fraction of sp³-hybridized carbons (Fsp3) is 0.727. The molecule has 1 aliphatic rings. The maximum absolute atomic E-state index is 5.80. The smallest absolute Gasteiger partial charge is 0.0962 e. The monoisotopic (exact) mass is 210 g/mol. The van der Waals surface area contributed by atoms with E-state index in [4.69, 9.17) is 5.73 Å². The molecule has 1 fully saturated rings. The van der Waals surface area contributed by atoms with Crippen LogP contribution in [0.4, 0.5) is 0 Å². The minimum absolute atomic E-state index is 0.0803. The average Bonchev–Trinajstić information content (AvgIpc) is 2.71. The summed E-state index contributed by atoms with van der Waals surface area (Å²) in [5.74, 6) is 1.51. The van der Waals surface area contributed by atoms with Crippen molar-refractivity contribution in [2.24, 2.45) is 11.7 Å². The highest BCUT2D eigenvalue weighted by Gasteiger charge is 2.27. The van der Waals surface area contributed by atoms with Crippen molar-refractivity contribution in [3.05, 3.63) is 16.1 Å². The number of aromatic nitrogens is 1. The van der Waals surface area contributed by atoms with Gasteiger partial charge in [-0.3, -0.25) is 0 Å². The van der Waals surface area contributed by atoms with Crippen molar-refractivity contribution in [1.82, 2.24) is 4.98 Å². The summed E-state index contributed by atoms with van der Waals surface area (Å²) in [4.78, 5) is 4.64. The number of nitrogens with two attached hydrogens (primary N) is 1. The molecule has 0 amide bonds. The molecule has 3 atom stereocenters. The molecule has 1 aromatic rings. The normalized spacial score (nSPS) is 29.4. The maximum Gasteiger partial charge on any atom is 0.0962 e. The second-order valence-corrected chi connectivity index (χ2v) is 5.30. The number of nitrogens with zero attached hydrogens (tertiary/aromatic N) is 1. The highest BCUT2D eigenvalue weighted by molar-refractivity contribution is 7.09. The minimum Gasteiger partial charge on any atom is -0.323 e. The molecule has 1 aromatic heterocycles. The SMILES string of the molecule is CC(N)c1csc(C2CCCC2C)n1. The molecule has 0 aliphatic heterocycles. The van der Waals surface area contributed by atoms with Crippen LogP contribution in [0.2, 0.25) is 0 Å². The summed E-state index contributed by atoms with van der Waals surface area (Å²) in [6.45, 7) is 4.33. The molecular weight excluding hydrogens is 192 g/mol. The van der Waals surface area contributed by atoms with Gasteiger partial charge in [-0.05, 0) is 19.3 Å². The highest BCUT2D eigenvalue weighted by atomic mass is 32.1. The average molecular weight is 210 g/mol. The number of hydrogen-bond donors (Lipinski definition) is 1. The summed E-state index contributed by atoms with van der Waals surface area (Å²) in [6.07, 6.45) is 4.03. The zero-order valence-corrected chi connectivity index (χ0v) is 9.68. The van der Waals surface area contributed by atoms with Crippen molar-refractivity contribution in [3.8, 4) is 0 Å². The Labute approximate surface area is 89.5 Å². The van der Waals surface area contributed by atoms with Crippen LogP contribution < -0.4 is 5.73 Å². The summed E-state index contributed by atoms with van der Waals surface area (Å²) in [5, 5.41) is 3.42. The van der Waals surface area contributed by atoms with Crippen LogP contribution in [0.1, 0.15) is 55.8 Å². The van der Waals surface area contributed by atoms with E-state index in [1.165, 1.54) is 24.3 Å². The van der Waals surface area contributed by atoms with Gasteiger partial charge >= 0.3 is 0 Å². The lowest BCUT2D eigenvalue weighted by atomic mass is 9.99. The Morgan fingerprint density at radius 2 is 2.36 bits per heavy atom. The summed E-state index contributed by atoms with van der Waals surface area (Å²) in [7, 11) is 0. The van der Waals surface area contributed by atoms with Crippen LogP contribution in [0.3, 0.4) is 0 Å². The predicted octanol–water partition coefficient (Wildman–Crippen LogP) is 3.07. The quantitative estimate of drug-likeness (QED) is 0.814. The molecule has 3 heteroatoms. The Morgan fingerprint density at radius 3 is 2.86 bits per heavy atom. The van der Waals surface area contributed by atoms with Gasteiger partial charge < -0.3 is 5.73 Å². The first-order valence-electron chi connectivity index (χ1n) is 5.39. The molecule has 2 nitrogen and oxygen atoms in total. The van der Waals surface area contributed by atoms with E-state index >= 15 is 0 Å². The van der Waals surface area contributed by atoms with E-state index in [1.54, 1.807) is 11.3 Å². The van der Waals surface area contributed by atoms with E-state index in [1.807, 2.05) is 6.92 Å². The largest absolute Gasteiger partial charge is 0.323 e. The molecule has 0 bridgehead atoms.